The predicted molar refractivity (Wildman–Crippen MR) is 83.4 cm³/mol. The maximum Gasteiger partial charge on any atom is 0.255 e. The zero-order chi connectivity index (χ0) is 15.0. The fraction of sp³-hybridized carbons (Fsp3) is 0.133. The summed E-state index contributed by atoms with van der Waals surface area (Å²) in [6, 6.07) is 8.75. The first-order valence-corrected chi connectivity index (χ1v) is 7.19. The van der Waals surface area contributed by atoms with Gasteiger partial charge in [-0.15, -0.1) is 0 Å². The highest BCUT2D eigenvalue weighted by Crippen LogP contribution is 2.24. The van der Waals surface area contributed by atoms with Gasteiger partial charge in [0.05, 0.1) is 17.8 Å². The number of carbonyl (C=O) groups excluding carboxylic acids is 2. The molecule has 21 heavy (non-hydrogen) atoms. The zero-order valence-corrected chi connectivity index (χ0v) is 12.8. The average molecular weight is 346 g/mol. The van der Waals surface area contributed by atoms with Crippen molar-refractivity contribution >= 4 is 39.1 Å². The number of nitrogens with zero attached hydrogens (tertiary/aromatic N) is 1. The lowest BCUT2D eigenvalue weighted by Gasteiger charge is -2.09. The quantitative estimate of drug-likeness (QED) is 0.822. The van der Waals surface area contributed by atoms with Gasteiger partial charge in [0, 0.05) is 11.3 Å². The molecule has 0 atom stereocenters. The Morgan fingerprint density at radius 2 is 2.14 bits per heavy atom. The second-order valence-electron chi connectivity index (χ2n) is 4.82. The fourth-order valence-corrected chi connectivity index (χ4v) is 2.63. The highest BCUT2D eigenvalue weighted by atomic mass is 79.9. The summed E-state index contributed by atoms with van der Waals surface area (Å²) in [6.07, 6.45) is 0.315. The average Bonchev–Trinajstić information content (AvgIpc) is 2.80. The summed E-state index contributed by atoms with van der Waals surface area (Å²) in [5.74, 6) is -0.264. The molecule has 0 saturated heterocycles. The Morgan fingerprint density at radius 3 is 2.90 bits per heavy atom. The molecular weight excluding hydrogens is 334 g/mol. The van der Waals surface area contributed by atoms with E-state index in [-0.39, 0.29) is 11.8 Å². The van der Waals surface area contributed by atoms with E-state index in [0.717, 1.165) is 21.5 Å². The lowest BCUT2D eigenvalue weighted by molar-refractivity contribution is -0.115. The lowest BCUT2D eigenvalue weighted by Crippen LogP contribution is -2.13. The number of carbonyl (C=O) groups is 2. The Labute approximate surface area is 129 Å². The van der Waals surface area contributed by atoms with Gasteiger partial charge in [0.2, 0.25) is 5.91 Å². The van der Waals surface area contributed by atoms with Crippen LogP contribution in [0.4, 0.5) is 11.4 Å². The van der Waals surface area contributed by atoms with Crippen molar-refractivity contribution < 1.29 is 9.59 Å². The van der Waals surface area contributed by atoms with Gasteiger partial charge in [0.15, 0.2) is 0 Å². The van der Waals surface area contributed by atoms with E-state index in [0.29, 0.717) is 17.7 Å². The Hall–Kier alpha value is -2.21. The van der Waals surface area contributed by atoms with Gasteiger partial charge in [0.1, 0.15) is 4.60 Å². The largest absolute Gasteiger partial charge is 0.326 e. The van der Waals surface area contributed by atoms with Crippen LogP contribution in [0.15, 0.2) is 34.9 Å². The molecule has 1 aliphatic rings. The molecule has 3 rings (SSSR count). The molecule has 6 heteroatoms. The van der Waals surface area contributed by atoms with Crippen molar-refractivity contribution in [3.63, 3.8) is 0 Å². The third-order valence-electron chi connectivity index (χ3n) is 3.29. The van der Waals surface area contributed by atoms with Gasteiger partial charge >= 0.3 is 0 Å². The molecule has 0 unspecified atom stereocenters. The molecule has 2 amide bonds. The number of aryl methyl sites for hydroxylation is 1. The minimum absolute atomic E-state index is 0.0458. The first-order chi connectivity index (χ1) is 10.0. The number of rotatable bonds is 2. The first-order valence-electron chi connectivity index (χ1n) is 6.40. The molecule has 1 aliphatic heterocycles. The van der Waals surface area contributed by atoms with E-state index in [2.05, 4.69) is 31.5 Å². The Bertz CT molecular complexity index is 759. The van der Waals surface area contributed by atoms with Crippen LogP contribution >= 0.6 is 15.9 Å². The first kappa shape index (κ1) is 13.8. The van der Waals surface area contributed by atoms with E-state index in [1.807, 2.05) is 6.92 Å². The second-order valence-corrected chi connectivity index (χ2v) is 5.63. The summed E-state index contributed by atoms with van der Waals surface area (Å²) in [7, 11) is 0. The van der Waals surface area contributed by atoms with Gasteiger partial charge in [-0.1, -0.05) is 0 Å². The second kappa shape index (κ2) is 5.29. The van der Waals surface area contributed by atoms with E-state index in [9.17, 15) is 9.59 Å². The Morgan fingerprint density at radius 1 is 1.33 bits per heavy atom. The van der Waals surface area contributed by atoms with Gasteiger partial charge in [-0.25, -0.2) is 4.98 Å². The SMILES string of the molecule is Cc1nc(Br)ccc1NC(=O)c1ccc2c(c1)CC(=O)N2. The van der Waals surface area contributed by atoms with Crippen LogP contribution in [0.5, 0.6) is 0 Å². The summed E-state index contributed by atoms with van der Waals surface area (Å²) >= 11 is 3.28. The van der Waals surface area contributed by atoms with Crippen molar-refractivity contribution in [3.05, 3.63) is 51.8 Å². The van der Waals surface area contributed by atoms with Gasteiger partial charge in [0.25, 0.3) is 5.91 Å². The van der Waals surface area contributed by atoms with Gasteiger partial charge in [-0.05, 0) is 58.7 Å². The van der Waals surface area contributed by atoms with Crippen LogP contribution in [0.1, 0.15) is 21.6 Å². The van der Waals surface area contributed by atoms with Crippen molar-refractivity contribution in [2.45, 2.75) is 13.3 Å². The lowest BCUT2D eigenvalue weighted by atomic mass is 10.1. The molecule has 0 radical (unpaired) electrons. The topological polar surface area (TPSA) is 71.1 Å². The van der Waals surface area contributed by atoms with E-state index < -0.39 is 0 Å². The highest BCUT2D eigenvalue weighted by Gasteiger charge is 2.19. The van der Waals surface area contributed by atoms with E-state index >= 15 is 0 Å². The van der Waals surface area contributed by atoms with Crippen LogP contribution in [-0.2, 0) is 11.2 Å². The number of hydrogen-bond acceptors (Lipinski definition) is 3. The molecule has 0 saturated carbocycles. The summed E-state index contributed by atoms with van der Waals surface area (Å²) in [6.45, 7) is 1.83. The molecule has 0 bridgehead atoms. The standard InChI is InChI=1S/C15H12BrN3O2/c1-8-11(4-5-13(16)17-8)19-15(21)9-2-3-12-10(6-9)7-14(20)18-12/h2-6H,7H2,1H3,(H,18,20)(H,19,21). The zero-order valence-electron chi connectivity index (χ0n) is 11.2. The number of hydrogen-bond donors (Lipinski definition) is 2. The smallest absolute Gasteiger partial charge is 0.255 e. The van der Waals surface area contributed by atoms with Crippen LogP contribution in [-0.4, -0.2) is 16.8 Å². The maximum atomic E-state index is 12.3. The van der Waals surface area contributed by atoms with Gasteiger partial charge < -0.3 is 10.6 Å². The van der Waals surface area contributed by atoms with Crippen molar-refractivity contribution in [2.75, 3.05) is 10.6 Å². The number of amides is 2. The molecule has 2 aromatic rings. The van der Waals surface area contributed by atoms with Crippen LogP contribution in [0.3, 0.4) is 0 Å². The number of benzene rings is 1. The van der Waals surface area contributed by atoms with Crippen LogP contribution < -0.4 is 10.6 Å². The third kappa shape index (κ3) is 2.80. The summed E-state index contributed by atoms with van der Waals surface area (Å²) in [5.41, 5.74) is 3.54. The molecule has 1 aromatic carbocycles. The van der Waals surface area contributed by atoms with Crippen LogP contribution in [0.2, 0.25) is 0 Å². The number of aromatic nitrogens is 1. The van der Waals surface area contributed by atoms with E-state index in [1.165, 1.54) is 0 Å². The molecule has 5 nitrogen and oxygen atoms in total. The number of fused-ring (bicyclic) bond motifs is 1. The van der Waals surface area contributed by atoms with E-state index in [4.69, 9.17) is 0 Å². The van der Waals surface area contributed by atoms with Gasteiger partial charge in [-0.2, -0.15) is 0 Å². The summed E-state index contributed by atoms with van der Waals surface area (Å²) in [4.78, 5) is 27.8. The minimum Gasteiger partial charge on any atom is -0.326 e. The molecule has 0 fully saturated rings. The summed E-state index contributed by atoms with van der Waals surface area (Å²) < 4.78 is 0.722. The number of pyridine rings is 1. The molecule has 106 valence electrons. The molecule has 0 aliphatic carbocycles. The highest BCUT2D eigenvalue weighted by molar-refractivity contribution is 9.10. The summed E-state index contributed by atoms with van der Waals surface area (Å²) in [5, 5.41) is 5.57. The van der Waals surface area contributed by atoms with E-state index in [1.54, 1.807) is 30.3 Å². The molecule has 0 spiro atoms. The normalized spacial score (nSPS) is 12.8. The molecule has 1 aromatic heterocycles. The third-order valence-corrected chi connectivity index (χ3v) is 3.73. The molecule has 2 N–H and O–H groups in total. The Kier molecular flexibility index (Phi) is 3.47. The van der Waals surface area contributed by atoms with Crippen molar-refractivity contribution in [2.24, 2.45) is 0 Å². The fourth-order valence-electron chi connectivity index (χ4n) is 2.23. The Balaban J connectivity index is 1.83. The number of anilines is 2. The van der Waals surface area contributed by atoms with Crippen LogP contribution in [0, 0.1) is 6.92 Å². The van der Waals surface area contributed by atoms with Gasteiger partial charge in [-0.3, -0.25) is 9.59 Å². The number of halogens is 1. The maximum absolute atomic E-state index is 12.3. The number of nitrogens with one attached hydrogen (secondary N) is 2. The van der Waals surface area contributed by atoms with Crippen molar-refractivity contribution in [1.82, 2.24) is 4.98 Å². The van der Waals surface area contributed by atoms with Crippen LogP contribution in [0.25, 0.3) is 0 Å². The molecular formula is C15H12BrN3O2. The monoisotopic (exact) mass is 345 g/mol. The molecule has 2 heterocycles. The van der Waals surface area contributed by atoms with Crippen molar-refractivity contribution in [3.8, 4) is 0 Å². The predicted octanol–water partition coefficient (Wildman–Crippen LogP) is 2.90. The van der Waals surface area contributed by atoms with Crippen molar-refractivity contribution in [1.29, 1.82) is 0 Å². The minimum atomic E-state index is -0.218.